The fourth-order valence-electron chi connectivity index (χ4n) is 2.24. The van der Waals surface area contributed by atoms with Gasteiger partial charge in [0, 0.05) is 23.1 Å². The highest BCUT2D eigenvalue weighted by atomic mass is 79.9. The van der Waals surface area contributed by atoms with E-state index in [0.29, 0.717) is 10.0 Å². The molecule has 0 radical (unpaired) electrons. The molecule has 2 rings (SSSR count). The Bertz CT molecular complexity index is 432. The number of halogens is 3. The zero-order chi connectivity index (χ0) is 13.1. The first-order chi connectivity index (χ1) is 8.58. The first kappa shape index (κ1) is 16.4. The van der Waals surface area contributed by atoms with Crippen molar-refractivity contribution in [3.8, 4) is 0 Å². The predicted octanol–water partition coefficient (Wildman–Crippen LogP) is 2.83. The van der Waals surface area contributed by atoms with E-state index in [0.717, 1.165) is 25.9 Å². The van der Waals surface area contributed by atoms with E-state index in [1.54, 1.807) is 18.0 Å². The summed E-state index contributed by atoms with van der Waals surface area (Å²) < 4.78 is 13.9. The molecule has 3 nitrogen and oxygen atoms in total. The van der Waals surface area contributed by atoms with Gasteiger partial charge in [-0.15, -0.1) is 12.4 Å². The number of carbonyl (C=O) groups excluding carboxylic acids is 1. The van der Waals surface area contributed by atoms with E-state index < -0.39 is 5.82 Å². The highest BCUT2D eigenvalue weighted by Gasteiger charge is 2.23. The monoisotopic (exact) mass is 350 g/mol. The fraction of sp³-hybridized carbons (Fsp3) is 0.462. The standard InChI is InChI=1S/C13H16BrFN2O.ClH/c1-17(12-2-4-16-5-3-12)13(18)9-6-10(14)8-11(15)7-9;/h6-8,12,16H,2-5H2,1H3;1H. The van der Waals surface area contributed by atoms with Crippen LogP contribution in [0.4, 0.5) is 4.39 Å². The van der Waals surface area contributed by atoms with Crippen molar-refractivity contribution in [2.45, 2.75) is 18.9 Å². The third-order valence-electron chi connectivity index (χ3n) is 3.29. The number of benzene rings is 1. The van der Waals surface area contributed by atoms with E-state index in [2.05, 4.69) is 21.2 Å². The SMILES string of the molecule is CN(C(=O)c1cc(F)cc(Br)c1)C1CCNCC1.Cl. The maximum Gasteiger partial charge on any atom is 0.253 e. The molecule has 1 amide bonds. The lowest BCUT2D eigenvalue weighted by molar-refractivity contribution is 0.0702. The van der Waals surface area contributed by atoms with Crippen LogP contribution in [0.5, 0.6) is 0 Å². The first-order valence-corrected chi connectivity index (χ1v) is 6.81. The van der Waals surface area contributed by atoms with Crippen LogP contribution >= 0.6 is 28.3 Å². The van der Waals surface area contributed by atoms with E-state index in [1.165, 1.54) is 12.1 Å². The summed E-state index contributed by atoms with van der Waals surface area (Å²) in [6, 6.07) is 4.52. The smallest absolute Gasteiger partial charge is 0.253 e. The molecule has 1 saturated heterocycles. The van der Waals surface area contributed by atoms with E-state index in [9.17, 15) is 9.18 Å². The second kappa shape index (κ2) is 7.22. The molecule has 0 bridgehead atoms. The highest BCUT2D eigenvalue weighted by Crippen LogP contribution is 2.18. The van der Waals surface area contributed by atoms with Crippen LogP contribution in [0, 0.1) is 5.82 Å². The van der Waals surface area contributed by atoms with Gasteiger partial charge in [0.15, 0.2) is 0 Å². The molecule has 1 fully saturated rings. The molecule has 0 atom stereocenters. The summed E-state index contributed by atoms with van der Waals surface area (Å²) >= 11 is 3.21. The topological polar surface area (TPSA) is 32.3 Å². The Labute approximate surface area is 127 Å². The molecule has 0 aromatic heterocycles. The zero-order valence-corrected chi connectivity index (χ0v) is 13.1. The zero-order valence-electron chi connectivity index (χ0n) is 10.7. The third kappa shape index (κ3) is 4.16. The molecule has 1 heterocycles. The molecule has 1 aromatic rings. The molecule has 0 unspecified atom stereocenters. The molecule has 6 heteroatoms. The Morgan fingerprint density at radius 2 is 2.00 bits per heavy atom. The molecule has 0 spiro atoms. The minimum Gasteiger partial charge on any atom is -0.339 e. The number of piperidine rings is 1. The number of hydrogen-bond acceptors (Lipinski definition) is 2. The first-order valence-electron chi connectivity index (χ1n) is 6.02. The molecular formula is C13H17BrClFN2O. The van der Waals surface area contributed by atoms with Crippen LogP contribution in [0.25, 0.3) is 0 Å². The quantitative estimate of drug-likeness (QED) is 0.888. The second-order valence-corrected chi connectivity index (χ2v) is 5.47. The van der Waals surface area contributed by atoms with Gasteiger partial charge in [0.1, 0.15) is 5.82 Å². The Morgan fingerprint density at radius 1 is 1.37 bits per heavy atom. The Hall–Kier alpha value is -0.650. The van der Waals surface area contributed by atoms with Crippen LogP contribution in [-0.4, -0.2) is 37.0 Å². The van der Waals surface area contributed by atoms with Crippen molar-refractivity contribution in [3.05, 3.63) is 34.1 Å². The van der Waals surface area contributed by atoms with Crippen molar-refractivity contribution >= 4 is 34.2 Å². The van der Waals surface area contributed by atoms with E-state index in [-0.39, 0.29) is 24.4 Å². The molecule has 1 N–H and O–H groups in total. The van der Waals surface area contributed by atoms with E-state index >= 15 is 0 Å². The Morgan fingerprint density at radius 3 is 2.58 bits per heavy atom. The maximum absolute atomic E-state index is 13.3. The van der Waals surface area contributed by atoms with Gasteiger partial charge in [0.05, 0.1) is 0 Å². The minimum absolute atomic E-state index is 0. The molecule has 106 valence electrons. The number of carbonyl (C=O) groups is 1. The van der Waals surface area contributed by atoms with Gasteiger partial charge >= 0.3 is 0 Å². The Balaban J connectivity index is 0.00000180. The van der Waals surface area contributed by atoms with Crippen LogP contribution in [0.15, 0.2) is 22.7 Å². The minimum atomic E-state index is -0.397. The Kier molecular flexibility index (Phi) is 6.23. The lowest BCUT2D eigenvalue weighted by atomic mass is 10.0. The average molecular weight is 352 g/mol. The molecule has 0 saturated carbocycles. The third-order valence-corrected chi connectivity index (χ3v) is 3.74. The summed E-state index contributed by atoms with van der Waals surface area (Å²) in [6.45, 7) is 1.85. The summed E-state index contributed by atoms with van der Waals surface area (Å²) in [4.78, 5) is 14.0. The van der Waals surface area contributed by atoms with Crippen molar-refractivity contribution < 1.29 is 9.18 Å². The summed E-state index contributed by atoms with van der Waals surface area (Å²) in [5.41, 5.74) is 0.392. The average Bonchev–Trinajstić information content (AvgIpc) is 2.37. The fourth-order valence-corrected chi connectivity index (χ4v) is 2.71. The summed E-state index contributed by atoms with van der Waals surface area (Å²) in [5.74, 6) is -0.520. The molecular weight excluding hydrogens is 335 g/mol. The van der Waals surface area contributed by atoms with Gasteiger partial charge in [0.2, 0.25) is 0 Å². The lowest BCUT2D eigenvalue weighted by Gasteiger charge is -2.31. The molecule has 1 aromatic carbocycles. The largest absolute Gasteiger partial charge is 0.339 e. The van der Waals surface area contributed by atoms with Crippen LogP contribution in [0.3, 0.4) is 0 Å². The van der Waals surface area contributed by atoms with Crippen molar-refractivity contribution in [2.75, 3.05) is 20.1 Å². The van der Waals surface area contributed by atoms with Crippen molar-refractivity contribution in [1.82, 2.24) is 10.2 Å². The van der Waals surface area contributed by atoms with Crippen LogP contribution in [0.1, 0.15) is 23.2 Å². The number of nitrogens with zero attached hydrogens (tertiary/aromatic N) is 1. The van der Waals surface area contributed by atoms with Crippen molar-refractivity contribution in [3.63, 3.8) is 0 Å². The molecule has 1 aliphatic rings. The molecule has 1 aliphatic heterocycles. The van der Waals surface area contributed by atoms with Gasteiger partial charge in [-0.2, -0.15) is 0 Å². The highest BCUT2D eigenvalue weighted by molar-refractivity contribution is 9.10. The van der Waals surface area contributed by atoms with Gasteiger partial charge in [0.25, 0.3) is 5.91 Å². The molecule has 19 heavy (non-hydrogen) atoms. The molecule has 0 aliphatic carbocycles. The van der Waals surface area contributed by atoms with Gasteiger partial charge in [-0.1, -0.05) is 15.9 Å². The van der Waals surface area contributed by atoms with Crippen molar-refractivity contribution in [1.29, 1.82) is 0 Å². The van der Waals surface area contributed by atoms with E-state index in [4.69, 9.17) is 0 Å². The van der Waals surface area contributed by atoms with Gasteiger partial charge in [-0.25, -0.2) is 4.39 Å². The van der Waals surface area contributed by atoms with E-state index in [1.807, 2.05) is 0 Å². The van der Waals surface area contributed by atoms with Crippen LogP contribution in [-0.2, 0) is 0 Å². The van der Waals surface area contributed by atoms with Gasteiger partial charge in [-0.3, -0.25) is 4.79 Å². The predicted molar refractivity (Wildman–Crippen MR) is 79.3 cm³/mol. The number of amides is 1. The summed E-state index contributed by atoms with van der Waals surface area (Å²) in [6.07, 6.45) is 1.89. The second-order valence-electron chi connectivity index (χ2n) is 4.56. The summed E-state index contributed by atoms with van der Waals surface area (Å²) in [7, 11) is 1.79. The van der Waals surface area contributed by atoms with Gasteiger partial charge in [-0.05, 0) is 44.1 Å². The summed E-state index contributed by atoms with van der Waals surface area (Å²) in [5, 5.41) is 3.26. The van der Waals surface area contributed by atoms with Crippen molar-refractivity contribution in [2.24, 2.45) is 0 Å². The van der Waals surface area contributed by atoms with Crippen LogP contribution < -0.4 is 5.32 Å². The number of nitrogens with one attached hydrogen (secondary N) is 1. The normalized spacial score (nSPS) is 15.7. The van der Waals surface area contributed by atoms with Gasteiger partial charge < -0.3 is 10.2 Å². The lowest BCUT2D eigenvalue weighted by Crippen LogP contribution is -2.44. The number of hydrogen-bond donors (Lipinski definition) is 1. The number of rotatable bonds is 2. The maximum atomic E-state index is 13.3. The van der Waals surface area contributed by atoms with Crippen LogP contribution in [0.2, 0.25) is 0 Å².